The average molecular weight is 345 g/mol. The zero-order chi connectivity index (χ0) is 18.2. The summed E-state index contributed by atoms with van der Waals surface area (Å²) < 4.78 is 40.1. The molecular formula is C20H18F3NO. The third-order valence-electron chi connectivity index (χ3n) is 4.07. The predicted octanol–water partition coefficient (Wildman–Crippen LogP) is 5.55. The second-order valence-electron chi connectivity index (χ2n) is 6.51. The maximum Gasteiger partial charge on any atom is 0.416 e. The number of ketones is 1. The molecule has 0 bridgehead atoms. The number of para-hydroxylation sites is 1. The fraction of sp³-hybridized carbons (Fsp3) is 0.250. The number of aromatic nitrogens is 1. The molecule has 0 amide bonds. The van der Waals surface area contributed by atoms with Crippen molar-refractivity contribution in [3.63, 3.8) is 0 Å². The molecule has 0 fully saturated rings. The van der Waals surface area contributed by atoms with Crippen LogP contribution < -0.4 is 0 Å². The first-order chi connectivity index (χ1) is 11.8. The number of fused-ring (bicyclic) bond motifs is 1. The summed E-state index contributed by atoms with van der Waals surface area (Å²) in [6.45, 7) is 4.94. The lowest BCUT2D eigenvalue weighted by molar-refractivity contribution is -0.137. The third kappa shape index (κ3) is 3.45. The van der Waals surface area contributed by atoms with Crippen LogP contribution in [0.15, 0.2) is 54.7 Å². The molecule has 25 heavy (non-hydrogen) atoms. The molecule has 2 aromatic carbocycles. The molecule has 0 saturated carbocycles. The van der Waals surface area contributed by atoms with Crippen LogP contribution in [-0.4, -0.2) is 10.4 Å². The summed E-state index contributed by atoms with van der Waals surface area (Å²) in [6.07, 6.45) is -2.61. The van der Waals surface area contributed by atoms with Gasteiger partial charge >= 0.3 is 6.18 Å². The smallest absolute Gasteiger partial charge is 0.346 e. The zero-order valence-electron chi connectivity index (χ0n) is 14.0. The molecule has 0 atom stereocenters. The molecule has 0 saturated heterocycles. The molecule has 130 valence electrons. The Kier molecular flexibility index (Phi) is 4.41. The second kappa shape index (κ2) is 6.39. The fourth-order valence-electron chi connectivity index (χ4n) is 2.94. The van der Waals surface area contributed by atoms with E-state index in [1.807, 2.05) is 28.8 Å². The number of halogens is 3. The number of rotatable bonds is 4. The van der Waals surface area contributed by atoms with Crippen molar-refractivity contribution in [2.75, 3.05) is 0 Å². The first kappa shape index (κ1) is 17.3. The normalized spacial score (nSPS) is 12.1. The SMILES string of the molecule is CC(C)Cn1cc(C(=O)c2ccc(C(F)(F)F)cc2)c2ccccc21. The number of nitrogens with zero attached hydrogens (tertiary/aromatic N) is 1. The molecule has 0 aliphatic heterocycles. The number of carbonyl (C=O) groups excluding carboxylic acids is 1. The van der Waals surface area contributed by atoms with Crippen LogP contribution in [0.5, 0.6) is 0 Å². The second-order valence-corrected chi connectivity index (χ2v) is 6.51. The highest BCUT2D eigenvalue weighted by atomic mass is 19.4. The number of hydrogen-bond donors (Lipinski definition) is 0. The van der Waals surface area contributed by atoms with Crippen molar-refractivity contribution in [3.05, 3.63) is 71.4 Å². The van der Waals surface area contributed by atoms with Crippen LogP contribution in [0, 0.1) is 5.92 Å². The summed E-state index contributed by atoms with van der Waals surface area (Å²) >= 11 is 0. The van der Waals surface area contributed by atoms with Gasteiger partial charge in [0, 0.05) is 34.8 Å². The van der Waals surface area contributed by atoms with Gasteiger partial charge in [0.2, 0.25) is 0 Å². The molecule has 0 unspecified atom stereocenters. The third-order valence-corrected chi connectivity index (χ3v) is 4.07. The summed E-state index contributed by atoms with van der Waals surface area (Å²) in [7, 11) is 0. The molecule has 2 nitrogen and oxygen atoms in total. The summed E-state index contributed by atoms with van der Waals surface area (Å²) in [5.74, 6) is 0.136. The highest BCUT2D eigenvalue weighted by Crippen LogP contribution is 2.30. The Balaban J connectivity index is 2.02. The first-order valence-corrected chi connectivity index (χ1v) is 8.07. The van der Waals surface area contributed by atoms with Gasteiger partial charge in [0.25, 0.3) is 0 Å². The van der Waals surface area contributed by atoms with Crippen molar-refractivity contribution >= 4 is 16.7 Å². The van der Waals surface area contributed by atoms with Crippen LogP contribution in [0.3, 0.4) is 0 Å². The number of carbonyl (C=O) groups is 1. The van der Waals surface area contributed by atoms with Gasteiger partial charge in [-0.15, -0.1) is 0 Å². The van der Waals surface area contributed by atoms with Crippen LogP contribution in [0.2, 0.25) is 0 Å². The van der Waals surface area contributed by atoms with Gasteiger partial charge in [-0.3, -0.25) is 4.79 Å². The molecule has 1 aromatic heterocycles. The van der Waals surface area contributed by atoms with Crippen LogP contribution in [0.4, 0.5) is 13.2 Å². The van der Waals surface area contributed by atoms with E-state index in [0.717, 1.165) is 29.6 Å². The van der Waals surface area contributed by atoms with E-state index in [2.05, 4.69) is 13.8 Å². The lowest BCUT2D eigenvalue weighted by Crippen LogP contribution is -2.06. The van der Waals surface area contributed by atoms with Crippen LogP contribution in [0.25, 0.3) is 10.9 Å². The van der Waals surface area contributed by atoms with Crippen LogP contribution in [-0.2, 0) is 12.7 Å². The Morgan fingerprint density at radius 1 is 1.04 bits per heavy atom. The van der Waals surface area contributed by atoms with Gasteiger partial charge in [0.05, 0.1) is 5.56 Å². The largest absolute Gasteiger partial charge is 0.416 e. The van der Waals surface area contributed by atoms with E-state index >= 15 is 0 Å². The van der Waals surface area contributed by atoms with Crippen LogP contribution >= 0.6 is 0 Å². The van der Waals surface area contributed by atoms with E-state index in [4.69, 9.17) is 0 Å². The Hall–Kier alpha value is -2.56. The molecule has 0 radical (unpaired) electrons. The van der Waals surface area contributed by atoms with E-state index in [-0.39, 0.29) is 11.3 Å². The molecule has 5 heteroatoms. The number of alkyl halides is 3. The monoisotopic (exact) mass is 345 g/mol. The van der Waals surface area contributed by atoms with Crippen molar-refractivity contribution in [3.8, 4) is 0 Å². The van der Waals surface area contributed by atoms with E-state index in [1.54, 1.807) is 6.20 Å². The van der Waals surface area contributed by atoms with Gasteiger partial charge < -0.3 is 4.57 Å². The van der Waals surface area contributed by atoms with E-state index in [9.17, 15) is 18.0 Å². The Morgan fingerprint density at radius 3 is 2.28 bits per heavy atom. The van der Waals surface area contributed by atoms with Crippen molar-refractivity contribution in [2.45, 2.75) is 26.6 Å². The van der Waals surface area contributed by atoms with E-state index in [1.165, 1.54) is 12.1 Å². The zero-order valence-corrected chi connectivity index (χ0v) is 14.0. The minimum atomic E-state index is -4.41. The predicted molar refractivity (Wildman–Crippen MR) is 91.7 cm³/mol. The quantitative estimate of drug-likeness (QED) is 0.569. The van der Waals surface area contributed by atoms with Gasteiger partial charge in [0.1, 0.15) is 0 Å². The van der Waals surface area contributed by atoms with Crippen molar-refractivity contribution < 1.29 is 18.0 Å². The molecular weight excluding hydrogens is 327 g/mol. The van der Waals surface area contributed by atoms with Crippen molar-refractivity contribution in [2.24, 2.45) is 5.92 Å². The van der Waals surface area contributed by atoms with Gasteiger partial charge in [-0.1, -0.05) is 44.2 Å². The van der Waals surface area contributed by atoms with Crippen molar-refractivity contribution in [1.82, 2.24) is 4.57 Å². The first-order valence-electron chi connectivity index (χ1n) is 8.07. The minimum Gasteiger partial charge on any atom is -0.346 e. The molecule has 3 rings (SSSR count). The molecule has 1 heterocycles. The topological polar surface area (TPSA) is 22.0 Å². The molecule has 0 aliphatic rings. The van der Waals surface area contributed by atoms with Gasteiger partial charge in [0.15, 0.2) is 5.78 Å². The number of hydrogen-bond acceptors (Lipinski definition) is 1. The van der Waals surface area contributed by atoms with Gasteiger partial charge in [-0.25, -0.2) is 0 Å². The lowest BCUT2D eigenvalue weighted by atomic mass is 10.0. The Labute approximate surface area is 143 Å². The molecule has 0 N–H and O–H groups in total. The molecule has 0 aliphatic carbocycles. The Bertz CT molecular complexity index is 905. The highest BCUT2D eigenvalue weighted by molar-refractivity contribution is 6.16. The van der Waals surface area contributed by atoms with Gasteiger partial charge in [-0.05, 0) is 24.1 Å². The number of benzene rings is 2. The molecule has 0 spiro atoms. The average Bonchev–Trinajstić information content (AvgIpc) is 2.92. The summed E-state index contributed by atoms with van der Waals surface area (Å²) in [6, 6.07) is 11.9. The standard InChI is InChI=1S/C20H18F3NO/c1-13(2)11-24-12-17(16-5-3-4-6-18(16)24)19(25)14-7-9-15(10-8-14)20(21,22)23/h3-10,12-13H,11H2,1-2H3. The van der Waals surface area contributed by atoms with Crippen molar-refractivity contribution in [1.29, 1.82) is 0 Å². The summed E-state index contributed by atoms with van der Waals surface area (Å²) in [4.78, 5) is 12.8. The summed E-state index contributed by atoms with van der Waals surface area (Å²) in [5.41, 5.74) is 0.953. The highest BCUT2D eigenvalue weighted by Gasteiger charge is 2.30. The summed E-state index contributed by atoms with van der Waals surface area (Å²) in [5, 5.41) is 0.813. The van der Waals surface area contributed by atoms with E-state index in [0.29, 0.717) is 11.5 Å². The lowest BCUT2D eigenvalue weighted by Gasteiger charge is -2.07. The van der Waals surface area contributed by atoms with E-state index < -0.39 is 11.7 Å². The maximum atomic E-state index is 12.8. The minimum absolute atomic E-state index is 0.250. The fourth-order valence-corrected chi connectivity index (χ4v) is 2.94. The Morgan fingerprint density at radius 2 is 1.68 bits per heavy atom. The maximum absolute atomic E-state index is 12.8. The molecule has 3 aromatic rings. The van der Waals surface area contributed by atoms with Gasteiger partial charge in [-0.2, -0.15) is 13.2 Å². The van der Waals surface area contributed by atoms with Crippen LogP contribution in [0.1, 0.15) is 35.3 Å².